The molecule has 0 fully saturated rings. The van der Waals surface area contributed by atoms with Crippen molar-refractivity contribution in [2.24, 2.45) is 7.05 Å². The van der Waals surface area contributed by atoms with Crippen molar-refractivity contribution < 1.29 is 4.52 Å². The molecule has 5 nitrogen and oxygen atoms in total. The standard InChI is InChI=1S/C17H18N4OS/c1-10(18-2)8-15-19-16(22-20-15)14-9-12-11-6-4-5-7-13(11)21(3)17(12)23-14/h4-7,9-10,18H,8H2,1-3H3. The first-order valence-electron chi connectivity index (χ1n) is 7.64. The minimum Gasteiger partial charge on any atom is -0.335 e. The zero-order valence-electron chi connectivity index (χ0n) is 13.3. The highest BCUT2D eigenvalue weighted by molar-refractivity contribution is 7.22. The number of nitrogens with zero attached hydrogens (tertiary/aromatic N) is 3. The molecular weight excluding hydrogens is 308 g/mol. The predicted octanol–water partition coefficient (Wildman–Crippen LogP) is 3.59. The molecule has 0 amide bonds. The summed E-state index contributed by atoms with van der Waals surface area (Å²) in [6.07, 6.45) is 0.758. The Labute approximate surface area is 137 Å². The second-order valence-electron chi connectivity index (χ2n) is 5.82. The quantitative estimate of drug-likeness (QED) is 0.622. The van der Waals surface area contributed by atoms with Crippen molar-refractivity contribution in [3.8, 4) is 10.8 Å². The third kappa shape index (κ3) is 2.34. The molecule has 1 atom stereocenters. The molecule has 0 aliphatic heterocycles. The third-order valence-electron chi connectivity index (χ3n) is 4.23. The summed E-state index contributed by atoms with van der Waals surface area (Å²) in [6, 6.07) is 10.9. The number of thiophene rings is 1. The lowest BCUT2D eigenvalue weighted by Crippen LogP contribution is -2.24. The van der Waals surface area contributed by atoms with E-state index in [0.717, 1.165) is 17.1 Å². The smallest absolute Gasteiger partial charge is 0.268 e. The molecule has 118 valence electrons. The molecule has 6 heteroatoms. The molecule has 1 aromatic carbocycles. The van der Waals surface area contributed by atoms with Gasteiger partial charge < -0.3 is 14.4 Å². The van der Waals surface area contributed by atoms with Crippen LogP contribution in [0.15, 0.2) is 34.9 Å². The highest BCUT2D eigenvalue weighted by Gasteiger charge is 2.17. The topological polar surface area (TPSA) is 55.9 Å². The normalized spacial score (nSPS) is 13.2. The molecule has 0 aliphatic carbocycles. The molecule has 0 bridgehead atoms. The molecule has 23 heavy (non-hydrogen) atoms. The van der Waals surface area contributed by atoms with Gasteiger partial charge in [-0.2, -0.15) is 4.98 Å². The van der Waals surface area contributed by atoms with Crippen LogP contribution in [0.2, 0.25) is 0 Å². The molecule has 3 aromatic heterocycles. The van der Waals surface area contributed by atoms with Gasteiger partial charge in [-0.05, 0) is 26.1 Å². The number of aromatic nitrogens is 3. The van der Waals surface area contributed by atoms with Gasteiger partial charge in [0.2, 0.25) is 0 Å². The van der Waals surface area contributed by atoms with E-state index >= 15 is 0 Å². The first kappa shape index (κ1) is 14.4. The first-order valence-corrected chi connectivity index (χ1v) is 8.46. The van der Waals surface area contributed by atoms with E-state index in [1.807, 2.05) is 7.05 Å². The van der Waals surface area contributed by atoms with E-state index in [0.29, 0.717) is 11.9 Å². The number of hydrogen-bond acceptors (Lipinski definition) is 5. The van der Waals surface area contributed by atoms with E-state index in [1.54, 1.807) is 11.3 Å². The molecule has 0 aliphatic rings. The van der Waals surface area contributed by atoms with E-state index < -0.39 is 0 Å². The van der Waals surface area contributed by atoms with Crippen molar-refractivity contribution >= 4 is 32.5 Å². The second kappa shape index (κ2) is 5.47. The van der Waals surface area contributed by atoms with Crippen LogP contribution in [0.4, 0.5) is 0 Å². The number of aryl methyl sites for hydroxylation is 1. The van der Waals surface area contributed by atoms with Crippen LogP contribution in [-0.2, 0) is 13.5 Å². The number of hydrogen-bond donors (Lipinski definition) is 1. The number of rotatable bonds is 4. The predicted molar refractivity (Wildman–Crippen MR) is 93.8 cm³/mol. The maximum Gasteiger partial charge on any atom is 0.268 e. The minimum absolute atomic E-state index is 0.326. The van der Waals surface area contributed by atoms with Crippen LogP contribution in [0.25, 0.3) is 31.9 Å². The molecule has 1 unspecified atom stereocenters. The van der Waals surface area contributed by atoms with Gasteiger partial charge in [0.15, 0.2) is 5.82 Å². The third-order valence-corrected chi connectivity index (χ3v) is 5.43. The summed E-state index contributed by atoms with van der Waals surface area (Å²) in [7, 11) is 4.03. The van der Waals surface area contributed by atoms with Crippen molar-refractivity contribution in [1.29, 1.82) is 0 Å². The fourth-order valence-corrected chi connectivity index (χ4v) is 3.91. The Morgan fingerprint density at radius 2 is 2.13 bits per heavy atom. The summed E-state index contributed by atoms with van der Waals surface area (Å²) in [4.78, 5) is 6.78. The highest BCUT2D eigenvalue weighted by Crippen LogP contribution is 2.38. The summed E-state index contributed by atoms with van der Waals surface area (Å²) in [5.41, 5.74) is 1.24. The Hall–Kier alpha value is -2.18. The van der Waals surface area contributed by atoms with Gasteiger partial charge in [-0.3, -0.25) is 0 Å². The average Bonchev–Trinajstić information content (AvgIpc) is 3.25. The Morgan fingerprint density at radius 1 is 1.30 bits per heavy atom. The van der Waals surface area contributed by atoms with E-state index in [4.69, 9.17) is 4.52 Å². The Bertz CT molecular complexity index is 981. The van der Waals surface area contributed by atoms with Gasteiger partial charge in [0.05, 0.1) is 4.88 Å². The molecule has 4 aromatic rings. The number of likely N-dealkylation sites (N-methyl/N-ethyl adjacent to an activating group) is 1. The summed E-state index contributed by atoms with van der Waals surface area (Å²) < 4.78 is 7.68. The number of fused-ring (bicyclic) bond motifs is 3. The summed E-state index contributed by atoms with van der Waals surface area (Å²) >= 11 is 1.69. The molecular formula is C17H18N4OS. The summed E-state index contributed by atoms with van der Waals surface area (Å²) in [5.74, 6) is 1.35. The van der Waals surface area contributed by atoms with Crippen molar-refractivity contribution in [2.45, 2.75) is 19.4 Å². The van der Waals surface area contributed by atoms with Crippen molar-refractivity contribution in [1.82, 2.24) is 20.0 Å². The molecule has 0 spiro atoms. The summed E-state index contributed by atoms with van der Waals surface area (Å²) in [6.45, 7) is 2.10. The molecule has 0 saturated carbocycles. The average molecular weight is 326 g/mol. The van der Waals surface area contributed by atoms with Crippen molar-refractivity contribution in [2.75, 3.05) is 7.05 Å². The van der Waals surface area contributed by atoms with Crippen molar-refractivity contribution in [3.63, 3.8) is 0 Å². The maximum atomic E-state index is 5.46. The zero-order valence-corrected chi connectivity index (χ0v) is 14.1. The van der Waals surface area contributed by atoms with E-state index in [2.05, 4.69) is 64.3 Å². The lowest BCUT2D eigenvalue weighted by Gasteiger charge is -2.04. The second-order valence-corrected chi connectivity index (χ2v) is 6.85. The van der Waals surface area contributed by atoms with Crippen LogP contribution >= 0.6 is 11.3 Å². The van der Waals surface area contributed by atoms with Crippen LogP contribution in [-0.4, -0.2) is 27.8 Å². The van der Waals surface area contributed by atoms with Gasteiger partial charge in [-0.25, -0.2) is 0 Å². The van der Waals surface area contributed by atoms with Gasteiger partial charge in [-0.15, -0.1) is 11.3 Å². The number of para-hydroxylation sites is 1. The van der Waals surface area contributed by atoms with Gasteiger partial charge in [-0.1, -0.05) is 23.4 Å². The molecule has 3 heterocycles. The Morgan fingerprint density at radius 3 is 2.96 bits per heavy atom. The first-order chi connectivity index (χ1) is 11.2. The van der Waals surface area contributed by atoms with Crippen molar-refractivity contribution in [3.05, 3.63) is 36.2 Å². The van der Waals surface area contributed by atoms with Crippen LogP contribution in [0.3, 0.4) is 0 Å². The van der Waals surface area contributed by atoms with Gasteiger partial charge in [0, 0.05) is 35.8 Å². The molecule has 0 saturated heterocycles. The zero-order chi connectivity index (χ0) is 16.0. The van der Waals surface area contributed by atoms with E-state index in [-0.39, 0.29) is 0 Å². The van der Waals surface area contributed by atoms with E-state index in [1.165, 1.54) is 21.1 Å². The lowest BCUT2D eigenvalue weighted by atomic mass is 10.2. The van der Waals surface area contributed by atoms with Crippen LogP contribution in [0.1, 0.15) is 12.7 Å². The molecule has 4 rings (SSSR count). The Balaban J connectivity index is 1.76. The fraction of sp³-hybridized carbons (Fsp3) is 0.294. The lowest BCUT2D eigenvalue weighted by molar-refractivity contribution is 0.419. The maximum absolute atomic E-state index is 5.46. The number of benzene rings is 1. The minimum atomic E-state index is 0.326. The van der Waals surface area contributed by atoms with Gasteiger partial charge in [0.1, 0.15) is 4.83 Å². The Kier molecular flexibility index (Phi) is 3.43. The van der Waals surface area contributed by atoms with Crippen LogP contribution < -0.4 is 5.32 Å². The van der Waals surface area contributed by atoms with Crippen LogP contribution in [0, 0.1) is 0 Å². The van der Waals surface area contributed by atoms with E-state index in [9.17, 15) is 0 Å². The van der Waals surface area contributed by atoms with Gasteiger partial charge >= 0.3 is 0 Å². The monoisotopic (exact) mass is 326 g/mol. The number of nitrogens with one attached hydrogen (secondary N) is 1. The van der Waals surface area contributed by atoms with Gasteiger partial charge in [0.25, 0.3) is 5.89 Å². The van der Waals surface area contributed by atoms with Crippen LogP contribution in [0.5, 0.6) is 0 Å². The fourth-order valence-electron chi connectivity index (χ4n) is 2.85. The summed E-state index contributed by atoms with van der Waals surface area (Å²) in [5, 5.41) is 9.78. The highest BCUT2D eigenvalue weighted by atomic mass is 32.1. The SMILES string of the molecule is CNC(C)Cc1noc(-c2cc3c4ccccc4n(C)c3s2)n1. The largest absolute Gasteiger partial charge is 0.335 e. The molecule has 0 radical (unpaired) electrons. The molecule has 1 N–H and O–H groups in total.